The summed E-state index contributed by atoms with van der Waals surface area (Å²) in [4.78, 5) is 2.77. The van der Waals surface area contributed by atoms with Crippen LogP contribution in [0.25, 0.3) is 0 Å². The molecule has 1 aromatic rings. The number of hydrogen-bond donors (Lipinski definition) is 1. The van der Waals surface area contributed by atoms with Crippen molar-refractivity contribution in [2.24, 2.45) is 5.92 Å². The largest absolute Gasteiger partial charge is 0.504 e. The molecule has 2 aliphatic heterocycles. The average Bonchev–Trinajstić information content (AvgIpc) is 3.42. The average molecular weight is 370 g/mol. The Balaban J connectivity index is 1.55. The van der Waals surface area contributed by atoms with Crippen LogP contribution in [0.15, 0.2) is 12.1 Å². The minimum absolute atomic E-state index is 0.0627. The summed E-state index contributed by atoms with van der Waals surface area (Å²) < 4.78 is 13.4. The van der Waals surface area contributed by atoms with Crippen molar-refractivity contribution in [2.75, 3.05) is 19.7 Å². The SMILES string of the molecule is CCCO[C@@]12CCC[C@@H]3Oc4c(O)ccc5c4[C@@]31CCN(CC1CC1)[C@@H]2C5. The van der Waals surface area contributed by atoms with Crippen LogP contribution in [-0.2, 0) is 16.6 Å². The van der Waals surface area contributed by atoms with Gasteiger partial charge in [0.05, 0.1) is 11.0 Å². The topological polar surface area (TPSA) is 41.9 Å². The van der Waals surface area contributed by atoms with Gasteiger partial charge in [0.25, 0.3) is 0 Å². The van der Waals surface area contributed by atoms with E-state index in [1.807, 2.05) is 6.07 Å². The molecule has 2 bridgehead atoms. The maximum atomic E-state index is 10.6. The second-order valence-electron chi connectivity index (χ2n) is 9.56. The molecule has 4 heteroatoms. The normalized spacial score (nSPS) is 39.1. The molecular weight excluding hydrogens is 338 g/mol. The second-order valence-corrected chi connectivity index (χ2v) is 9.56. The first-order valence-electron chi connectivity index (χ1n) is 11.1. The van der Waals surface area contributed by atoms with E-state index in [0.717, 1.165) is 63.3 Å². The molecule has 0 radical (unpaired) electrons. The summed E-state index contributed by atoms with van der Waals surface area (Å²) >= 11 is 0. The van der Waals surface area contributed by atoms with E-state index in [-0.39, 0.29) is 17.1 Å². The first-order chi connectivity index (χ1) is 13.2. The van der Waals surface area contributed by atoms with E-state index in [1.165, 1.54) is 30.5 Å². The summed E-state index contributed by atoms with van der Waals surface area (Å²) in [6.45, 7) is 5.42. The van der Waals surface area contributed by atoms with E-state index in [4.69, 9.17) is 9.47 Å². The molecule has 1 aromatic carbocycles. The highest BCUT2D eigenvalue weighted by atomic mass is 16.5. The van der Waals surface area contributed by atoms with E-state index in [0.29, 0.717) is 11.8 Å². The van der Waals surface area contributed by atoms with Gasteiger partial charge < -0.3 is 14.6 Å². The minimum Gasteiger partial charge on any atom is -0.504 e. The molecule has 2 heterocycles. The number of phenols is 1. The molecule has 1 spiro atoms. The molecule has 6 rings (SSSR count). The highest BCUT2D eigenvalue weighted by molar-refractivity contribution is 5.62. The fraction of sp³-hybridized carbons (Fsp3) is 0.739. The molecule has 2 saturated carbocycles. The van der Waals surface area contributed by atoms with Crippen LogP contribution in [0.2, 0.25) is 0 Å². The Labute approximate surface area is 161 Å². The molecule has 4 nitrogen and oxygen atoms in total. The van der Waals surface area contributed by atoms with Gasteiger partial charge in [-0.25, -0.2) is 0 Å². The molecule has 1 N–H and O–H groups in total. The molecule has 0 amide bonds. The smallest absolute Gasteiger partial charge is 0.165 e. The van der Waals surface area contributed by atoms with Gasteiger partial charge in [-0.3, -0.25) is 4.90 Å². The lowest BCUT2D eigenvalue weighted by Crippen LogP contribution is -2.76. The summed E-state index contributed by atoms with van der Waals surface area (Å²) in [5.74, 6) is 2.00. The third kappa shape index (κ3) is 2.01. The van der Waals surface area contributed by atoms with Crippen LogP contribution >= 0.6 is 0 Å². The molecule has 27 heavy (non-hydrogen) atoms. The van der Waals surface area contributed by atoms with Crippen LogP contribution in [0.1, 0.15) is 63.0 Å². The Hall–Kier alpha value is -1.26. The third-order valence-electron chi connectivity index (χ3n) is 8.19. The molecule has 0 aromatic heterocycles. The molecule has 5 aliphatic rings. The van der Waals surface area contributed by atoms with Gasteiger partial charge in [0.15, 0.2) is 11.5 Å². The van der Waals surface area contributed by atoms with Crippen molar-refractivity contribution < 1.29 is 14.6 Å². The number of aromatic hydroxyl groups is 1. The third-order valence-corrected chi connectivity index (χ3v) is 8.19. The van der Waals surface area contributed by atoms with Gasteiger partial charge >= 0.3 is 0 Å². The minimum atomic E-state index is -0.148. The Bertz CT molecular complexity index is 775. The van der Waals surface area contributed by atoms with Crippen LogP contribution in [0.4, 0.5) is 0 Å². The summed E-state index contributed by atoms with van der Waals surface area (Å²) in [6.07, 6.45) is 9.54. The first-order valence-corrected chi connectivity index (χ1v) is 11.1. The quantitative estimate of drug-likeness (QED) is 0.858. The van der Waals surface area contributed by atoms with Crippen LogP contribution in [0, 0.1) is 5.92 Å². The van der Waals surface area contributed by atoms with E-state index >= 15 is 0 Å². The summed E-state index contributed by atoms with van der Waals surface area (Å²) in [5.41, 5.74) is 2.50. The van der Waals surface area contributed by atoms with Crippen molar-refractivity contribution in [3.05, 3.63) is 23.3 Å². The van der Waals surface area contributed by atoms with Gasteiger partial charge in [-0.1, -0.05) is 13.0 Å². The summed E-state index contributed by atoms with van der Waals surface area (Å²) in [5, 5.41) is 10.6. The fourth-order valence-corrected chi connectivity index (χ4v) is 7.02. The highest BCUT2D eigenvalue weighted by Crippen LogP contribution is 2.66. The van der Waals surface area contributed by atoms with Crippen molar-refractivity contribution in [3.63, 3.8) is 0 Å². The second kappa shape index (κ2) is 5.64. The lowest BCUT2D eigenvalue weighted by Gasteiger charge is -2.65. The van der Waals surface area contributed by atoms with Crippen molar-refractivity contribution in [2.45, 2.75) is 81.5 Å². The van der Waals surface area contributed by atoms with Crippen molar-refractivity contribution in [1.82, 2.24) is 4.90 Å². The van der Waals surface area contributed by atoms with Crippen LogP contribution in [0.3, 0.4) is 0 Å². The predicted molar refractivity (Wildman–Crippen MR) is 103 cm³/mol. The van der Waals surface area contributed by atoms with Crippen LogP contribution < -0.4 is 4.74 Å². The van der Waals surface area contributed by atoms with Gasteiger partial charge in [-0.2, -0.15) is 0 Å². The summed E-state index contributed by atoms with van der Waals surface area (Å²) in [7, 11) is 0. The lowest BCUT2D eigenvalue weighted by molar-refractivity contribution is -0.215. The zero-order chi connectivity index (χ0) is 18.2. The maximum Gasteiger partial charge on any atom is 0.165 e. The Morgan fingerprint density at radius 2 is 2.15 bits per heavy atom. The van der Waals surface area contributed by atoms with Gasteiger partial charge in [-0.05, 0) is 75.5 Å². The molecule has 0 unspecified atom stereocenters. The monoisotopic (exact) mass is 369 g/mol. The summed E-state index contributed by atoms with van der Waals surface area (Å²) in [6, 6.07) is 4.46. The van der Waals surface area contributed by atoms with E-state index in [9.17, 15) is 5.11 Å². The van der Waals surface area contributed by atoms with Gasteiger partial charge in [0, 0.05) is 24.8 Å². The number of likely N-dealkylation sites (tertiary alicyclic amines) is 1. The zero-order valence-corrected chi connectivity index (χ0v) is 16.4. The molecule has 1 saturated heterocycles. The highest BCUT2D eigenvalue weighted by Gasteiger charge is 2.72. The first kappa shape index (κ1) is 16.7. The van der Waals surface area contributed by atoms with Crippen LogP contribution in [0.5, 0.6) is 11.5 Å². The number of hydrogen-bond acceptors (Lipinski definition) is 4. The van der Waals surface area contributed by atoms with Crippen molar-refractivity contribution in [1.29, 1.82) is 0 Å². The van der Waals surface area contributed by atoms with Gasteiger partial charge in [0.1, 0.15) is 6.10 Å². The van der Waals surface area contributed by atoms with Crippen LogP contribution in [-0.4, -0.2) is 47.4 Å². The van der Waals surface area contributed by atoms with Crippen molar-refractivity contribution in [3.8, 4) is 11.5 Å². The zero-order valence-electron chi connectivity index (χ0n) is 16.4. The number of nitrogens with zero attached hydrogens (tertiary/aromatic N) is 1. The fourth-order valence-electron chi connectivity index (χ4n) is 7.02. The number of benzene rings is 1. The number of piperidine rings is 1. The predicted octanol–water partition coefficient (Wildman–Crippen LogP) is 3.78. The van der Waals surface area contributed by atoms with E-state index in [2.05, 4.69) is 17.9 Å². The number of phenolic OH excluding ortho intramolecular Hbond substituents is 1. The van der Waals surface area contributed by atoms with Gasteiger partial charge in [0.2, 0.25) is 0 Å². The standard InChI is InChI=1S/C23H31NO3/c1-2-12-26-23-9-3-4-19-22(23)10-11-24(14-15-5-6-15)18(23)13-16-7-8-17(25)21(27-19)20(16)22/h7-8,15,18-19,25H,2-6,9-14H2,1H3/t18-,19+,22-,23-/m1/s1. The molecule has 3 aliphatic carbocycles. The Morgan fingerprint density at radius 3 is 2.96 bits per heavy atom. The molecular formula is C23H31NO3. The van der Waals surface area contributed by atoms with Crippen molar-refractivity contribution >= 4 is 0 Å². The Kier molecular flexibility index (Phi) is 3.48. The number of ether oxygens (including phenoxy) is 2. The molecule has 3 fully saturated rings. The van der Waals surface area contributed by atoms with E-state index < -0.39 is 0 Å². The maximum absolute atomic E-state index is 10.6. The Morgan fingerprint density at radius 1 is 1.26 bits per heavy atom. The van der Waals surface area contributed by atoms with E-state index in [1.54, 1.807) is 0 Å². The molecule has 4 atom stereocenters. The number of rotatable bonds is 5. The van der Waals surface area contributed by atoms with Gasteiger partial charge in [-0.15, -0.1) is 0 Å². The molecule has 146 valence electrons. The lowest BCUT2D eigenvalue weighted by atomic mass is 9.49.